The number of primary amides is 1. The number of pyridine rings is 1. The van der Waals surface area contributed by atoms with Gasteiger partial charge in [0.15, 0.2) is 0 Å². The second kappa shape index (κ2) is 5.34. The second-order valence-electron chi connectivity index (χ2n) is 5.20. The van der Waals surface area contributed by atoms with Crippen LogP contribution in [0.1, 0.15) is 53.2 Å². The number of carbonyl (C=O) groups excluding carboxylic acids is 1. The average molecular weight is 284 g/mol. The van der Waals surface area contributed by atoms with Gasteiger partial charge in [0.25, 0.3) is 5.91 Å². The lowest BCUT2D eigenvalue weighted by atomic mass is 9.80. The first kappa shape index (κ1) is 14.7. The molecule has 0 spiro atoms. The molecule has 0 saturated heterocycles. The summed E-state index contributed by atoms with van der Waals surface area (Å²) < 4.78 is 31.8. The number of alkyl halides is 2. The standard InChI is InChI=1S/C14H18F2N2O2/c1-8-11(13(17)19)12(10(20-2)7-18-8)9-3-5-14(15,16)6-4-9/h7,9H,3-6H2,1-2H3,(H2,17,19). The zero-order valence-electron chi connectivity index (χ0n) is 11.6. The van der Waals surface area contributed by atoms with Crippen molar-refractivity contribution in [3.63, 3.8) is 0 Å². The normalized spacial score (nSPS) is 18.8. The fourth-order valence-corrected chi connectivity index (χ4v) is 2.82. The molecule has 6 heteroatoms. The molecule has 20 heavy (non-hydrogen) atoms. The van der Waals surface area contributed by atoms with Crippen molar-refractivity contribution < 1.29 is 18.3 Å². The highest BCUT2D eigenvalue weighted by molar-refractivity contribution is 5.96. The smallest absolute Gasteiger partial charge is 0.250 e. The Labute approximate surface area is 116 Å². The van der Waals surface area contributed by atoms with Crippen molar-refractivity contribution in [2.24, 2.45) is 5.73 Å². The topological polar surface area (TPSA) is 65.2 Å². The summed E-state index contributed by atoms with van der Waals surface area (Å²) >= 11 is 0. The lowest BCUT2D eigenvalue weighted by Gasteiger charge is -2.30. The van der Waals surface area contributed by atoms with Crippen LogP contribution in [0.4, 0.5) is 8.78 Å². The largest absolute Gasteiger partial charge is 0.495 e. The van der Waals surface area contributed by atoms with Gasteiger partial charge in [-0.2, -0.15) is 0 Å². The maximum atomic E-state index is 13.3. The third-order valence-corrected chi connectivity index (χ3v) is 3.86. The Kier molecular flexibility index (Phi) is 3.92. The number of rotatable bonds is 3. The lowest BCUT2D eigenvalue weighted by molar-refractivity contribution is -0.0383. The summed E-state index contributed by atoms with van der Waals surface area (Å²) in [6.07, 6.45) is 1.78. The number of ether oxygens (including phenoxy) is 1. The Balaban J connectivity index is 2.44. The Morgan fingerprint density at radius 1 is 1.45 bits per heavy atom. The zero-order chi connectivity index (χ0) is 14.9. The van der Waals surface area contributed by atoms with Crippen molar-refractivity contribution in [2.75, 3.05) is 7.11 Å². The first-order valence-corrected chi connectivity index (χ1v) is 6.57. The van der Waals surface area contributed by atoms with E-state index in [-0.39, 0.29) is 18.8 Å². The minimum atomic E-state index is -2.61. The summed E-state index contributed by atoms with van der Waals surface area (Å²) in [6, 6.07) is 0. The van der Waals surface area contributed by atoms with E-state index in [0.29, 0.717) is 35.4 Å². The minimum Gasteiger partial charge on any atom is -0.495 e. The maximum Gasteiger partial charge on any atom is 0.250 e. The number of carbonyl (C=O) groups is 1. The highest BCUT2D eigenvalue weighted by Crippen LogP contribution is 2.44. The molecule has 1 aliphatic rings. The van der Waals surface area contributed by atoms with E-state index >= 15 is 0 Å². The van der Waals surface area contributed by atoms with Crippen LogP contribution in [0.25, 0.3) is 0 Å². The van der Waals surface area contributed by atoms with Gasteiger partial charge in [0.1, 0.15) is 5.75 Å². The number of nitrogens with two attached hydrogens (primary N) is 1. The van der Waals surface area contributed by atoms with Gasteiger partial charge in [0.05, 0.1) is 24.6 Å². The zero-order valence-corrected chi connectivity index (χ0v) is 11.6. The first-order chi connectivity index (χ1) is 9.35. The predicted molar refractivity (Wildman–Crippen MR) is 70.2 cm³/mol. The van der Waals surface area contributed by atoms with E-state index in [1.807, 2.05) is 0 Å². The van der Waals surface area contributed by atoms with E-state index in [1.165, 1.54) is 13.3 Å². The van der Waals surface area contributed by atoms with Crippen LogP contribution in [0, 0.1) is 6.92 Å². The minimum absolute atomic E-state index is 0.145. The van der Waals surface area contributed by atoms with Gasteiger partial charge in [-0.3, -0.25) is 9.78 Å². The monoisotopic (exact) mass is 284 g/mol. The first-order valence-electron chi connectivity index (χ1n) is 6.57. The van der Waals surface area contributed by atoms with Crippen LogP contribution in [0.3, 0.4) is 0 Å². The molecule has 110 valence electrons. The molecule has 0 atom stereocenters. The molecule has 1 aromatic heterocycles. The average Bonchev–Trinajstić information content (AvgIpc) is 2.38. The van der Waals surface area contributed by atoms with Crippen LogP contribution >= 0.6 is 0 Å². The van der Waals surface area contributed by atoms with Gasteiger partial charge < -0.3 is 10.5 Å². The van der Waals surface area contributed by atoms with Crippen molar-refractivity contribution in [3.8, 4) is 5.75 Å². The van der Waals surface area contributed by atoms with Crippen LogP contribution in [-0.4, -0.2) is 23.9 Å². The molecule has 1 saturated carbocycles. The number of aromatic nitrogens is 1. The van der Waals surface area contributed by atoms with Crippen LogP contribution in [0.2, 0.25) is 0 Å². The molecule has 1 aromatic rings. The Hall–Kier alpha value is -1.72. The molecule has 4 nitrogen and oxygen atoms in total. The van der Waals surface area contributed by atoms with E-state index in [4.69, 9.17) is 10.5 Å². The van der Waals surface area contributed by atoms with Gasteiger partial charge in [-0.25, -0.2) is 8.78 Å². The van der Waals surface area contributed by atoms with Crippen molar-refractivity contribution in [1.29, 1.82) is 0 Å². The van der Waals surface area contributed by atoms with Gasteiger partial charge >= 0.3 is 0 Å². The number of methoxy groups -OCH3 is 1. The fourth-order valence-electron chi connectivity index (χ4n) is 2.82. The highest BCUT2D eigenvalue weighted by atomic mass is 19.3. The molecule has 0 bridgehead atoms. The summed E-state index contributed by atoms with van der Waals surface area (Å²) in [5.74, 6) is -2.91. The van der Waals surface area contributed by atoms with Crippen LogP contribution in [0.15, 0.2) is 6.20 Å². The number of amides is 1. The van der Waals surface area contributed by atoms with E-state index in [1.54, 1.807) is 6.92 Å². The lowest BCUT2D eigenvalue weighted by Crippen LogP contribution is -2.26. The van der Waals surface area contributed by atoms with Crippen LogP contribution in [-0.2, 0) is 0 Å². The number of nitrogens with zero attached hydrogens (tertiary/aromatic N) is 1. The van der Waals surface area contributed by atoms with Crippen molar-refractivity contribution in [3.05, 3.63) is 23.0 Å². The molecule has 0 unspecified atom stereocenters. The van der Waals surface area contributed by atoms with Gasteiger partial charge in [-0.05, 0) is 25.7 Å². The molecule has 1 amide bonds. The Morgan fingerprint density at radius 2 is 2.05 bits per heavy atom. The summed E-state index contributed by atoms with van der Waals surface area (Å²) in [4.78, 5) is 15.7. The van der Waals surface area contributed by atoms with Gasteiger partial charge in [0, 0.05) is 18.4 Å². The maximum absolute atomic E-state index is 13.3. The fraction of sp³-hybridized carbons (Fsp3) is 0.571. The van der Waals surface area contributed by atoms with Crippen molar-refractivity contribution in [1.82, 2.24) is 4.98 Å². The Bertz CT molecular complexity index is 522. The molecule has 0 aromatic carbocycles. The SMILES string of the molecule is COc1cnc(C)c(C(N)=O)c1C1CCC(F)(F)CC1. The molecular weight excluding hydrogens is 266 g/mol. The van der Waals surface area contributed by atoms with Crippen LogP contribution < -0.4 is 10.5 Å². The molecule has 1 aliphatic carbocycles. The van der Waals surface area contributed by atoms with Crippen molar-refractivity contribution in [2.45, 2.75) is 44.4 Å². The van der Waals surface area contributed by atoms with Gasteiger partial charge in [0.2, 0.25) is 5.92 Å². The number of hydrogen-bond donors (Lipinski definition) is 1. The van der Waals surface area contributed by atoms with E-state index in [0.717, 1.165) is 0 Å². The second-order valence-corrected chi connectivity index (χ2v) is 5.20. The summed E-state index contributed by atoms with van der Waals surface area (Å²) in [5, 5.41) is 0. The molecular formula is C14H18F2N2O2. The summed E-state index contributed by atoms with van der Waals surface area (Å²) in [6.45, 7) is 1.68. The number of hydrogen-bond acceptors (Lipinski definition) is 3. The molecule has 2 rings (SSSR count). The summed E-state index contributed by atoms with van der Waals surface area (Å²) in [7, 11) is 1.47. The third-order valence-electron chi connectivity index (χ3n) is 3.86. The quantitative estimate of drug-likeness (QED) is 0.928. The van der Waals surface area contributed by atoms with E-state index in [9.17, 15) is 13.6 Å². The molecule has 0 aliphatic heterocycles. The van der Waals surface area contributed by atoms with Gasteiger partial charge in [-0.1, -0.05) is 0 Å². The summed E-state index contributed by atoms with van der Waals surface area (Å²) in [5.41, 5.74) is 6.85. The number of aryl methyl sites for hydroxylation is 1. The third kappa shape index (κ3) is 2.73. The Morgan fingerprint density at radius 3 is 2.55 bits per heavy atom. The molecule has 1 heterocycles. The van der Waals surface area contributed by atoms with Gasteiger partial charge in [-0.15, -0.1) is 0 Å². The number of halogens is 2. The predicted octanol–water partition coefficient (Wildman–Crippen LogP) is 2.79. The molecule has 1 fully saturated rings. The van der Waals surface area contributed by atoms with E-state index in [2.05, 4.69) is 4.98 Å². The molecule has 0 radical (unpaired) electrons. The highest BCUT2D eigenvalue weighted by Gasteiger charge is 2.37. The van der Waals surface area contributed by atoms with Crippen LogP contribution in [0.5, 0.6) is 5.75 Å². The van der Waals surface area contributed by atoms with Crippen molar-refractivity contribution >= 4 is 5.91 Å². The molecule has 2 N–H and O–H groups in total. The van der Waals surface area contributed by atoms with E-state index < -0.39 is 11.8 Å².